The van der Waals surface area contributed by atoms with Crippen LogP contribution in [0.3, 0.4) is 0 Å². The highest BCUT2D eigenvalue weighted by molar-refractivity contribution is 6.10. The van der Waals surface area contributed by atoms with Gasteiger partial charge in [0.05, 0.1) is 12.6 Å². The van der Waals surface area contributed by atoms with Crippen molar-refractivity contribution >= 4 is 29.1 Å². The maximum atomic E-state index is 12.9. The fraction of sp³-hybridized carbons (Fsp3) is 0.348. The minimum Gasteiger partial charge on any atom is -0.376 e. The van der Waals surface area contributed by atoms with Gasteiger partial charge < -0.3 is 15.4 Å². The van der Waals surface area contributed by atoms with Crippen LogP contribution in [0.25, 0.3) is 0 Å². The van der Waals surface area contributed by atoms with E-state index >= 15 is 0 Å². The number of anilines is 2. The predicted molar refractivity (Wildman–Crippen MR) is 119 cm³/mol. The smallest absolute Gasteiger partial charge is 0.258 e. The number of hydrogen-bond donors (Lipinski definition) is 3. The monoisotopic (exact) mass is 408 g/mol. The SMILES string of the molecule is CC(=O)Nc1cc(C(=O)NC(=NC[C@H]2CCCO2)Nc2cccc(C)c2)ccc1C. The van der Waals surface area contributed by atoms with Crippen LogP contribution < -0.4 is 16.0 Å². The Hall–Kier alpha value is -3.19. The Morgan fingerprint density at radius 3 is 2.67 bits per heavy atom. The first-order chi connectivity index (χ1) is 14.4. The Labute approximate surface area is 176 Å². The number of rotatable bonds is 5. The van der Waals surface area contributed by atoms with Gasteiger partial charge in [0.1, 0.15) is 0 Å². The number of nitrogens with zero attached hydrogens (tertiary/aromatic N) is 1. The van der Waals surface area contributed by atoms with Crippen molar-refractivity contribution in [3.05, 3.63) is 59.2 Å². The fourth-order valence-electron chi connectivity index (χ4n) is 3.22. The van der Waals surface area contributed by atoms with E-state index < -0.39 is 0 Å². The van der Waals surface area contributed by atoms with E-state index in [0.717, 1.165) is 36.3 Å². The summed E-state index contributed by atoms with van der Waals surface area (Å²) >= 11 is 0. The summed E-state index contributed by atoms with van der Waals surface area (Å²) in [7, 11) is 0. The molecule has 0 aliphatic carbocycles. The fourth-order valence-corrected chi connectivity index (χ4v) is 3.22. The summed E-state index contributed by atoms with van der Waals surface area (Å²) in [6, 6.07) is 13.0. The lowest BCUT2D eigenvalue weighted by atomic mass is 10.1. The summed E-state index contributed by atoms with van der Waals surface area (Å²) < 4.78 is 5.64. The third kappa shape index (κ3) is 6.15. The van der Waals surface area contributed by atoms with Crippen molar-refractivity contribution in [2.75, 3.05) is 23.8 Å². The van der Waals surface area contributed by atoms with E-state index in [1.807, 2.05) is 38.1 Å². The van der Waals surface area contributed by atoms with E-state index in [2.05, 4.69) is 20.9 Å². The first-order valence-corrected chi connectivity index (χ1v) is 10.1. The molecule has 158 valence electrons. The molecule has 1 fully saturated rings. The van der Waals surface area contributed by atoms with E-state index in [1.165, 1.54) is 6.92 Å². The largest absolute Gasteiger partial charge is 0.376 e. The van der Waals surface area contributed by atoms with Gasteiger partial charge in [0, 0.05) is 30.5 Å². The maximum absolute atomic E-state index is 12.9. The number of nitrogens with one attached hydrogen (secondary N) is 3. The van der Waals surface area contributed by atoms with Crippen LogP contribution in [-0.2, 0) is 9.53 Å². The summed E-state index contributed by atoms with van der Waals surface area (Å²) in [5.74, 6) is -0.133. The van der Waals surface area contributed by atoms with Crippen LogP contribution in [-0.4, -0.2) is 37.0 Å². The van der Waals surface area contributed by atoms with Crippen LogP contribution in [0.15, 0.2) is 47.5 Å². The molecule has 1 aliphatic heterocycles. The minimum absolute atomic E-state index is 0.0713. The number of carbonyl (C=O) groups is 2. The third-order valence-electron chi connectivity index (χ3n) is 4.80. The van der Waals surface area contributed by atoms with Gasteiger partial charge >= 0.3 is 0 Å². The van der Waals surface area contributed by atoms with Gasteiger partial charge in [0.15, 0.2) is 0 Å². The predicted octanol–water partition coefficient (Wildman–Crippen LogP) is 3.64. The first-order valence-electron chi connectivity index (χ1n) is 10.1. The Morgan fingerprint density at radius 2 is 1.97 bits per heavy atom. The Kier molecular flexibility index (Phi) is 7.19. The number of aliphatic imine (C=N–C) groups is 1. The van der Waals surface area contributed by atoms with Crippen molar-refractivity contribution < 1.29 is 14.3 Å². The summed E-state index contributed by atoms with van der Waals surface area (Å²) in [5.41, 5.74) is 3.86. The lowest BCUT2D eigenvalue weighted by Gasteiger charge is -2.14. The standard InChI is InChI=1S/C23H28N4O3/c1-15-6-4-7-19(12-15)26-23(24-14-20-8-5-11-30-20)27-22(29)18-10-9-16(2)21(13-18)25-17(3)28/h4,6-7,9-10,12-13,20H,5,8,11,14H2,1-3H3,(H,25,28)(H2,24,26,27,29)/t20-/m1/s1. The second-order valence-corrected chi connectivity index (χ2v) is 7.48. The average molecular weight is 409 g/mol. The highest BCUT2D eigenvalue weighted by Gasteiger charge is 2.16. The highest BCUT2D eigenvalue weighted by Crippen LogP contribution is 2.17. The van der Waals surface area contributed by atoms with Crippen LogP contribution in [0.4, 0.5) is 11.4 Å². The molecule has 0 aromatic heterocycles. The summed E-state index contributed by atoms with van der Waals surface area (Å²) in [6.45, 7) is 6.54. The molecule has 2 aromatic carbocycles. The molecular formula is C23H28N4O3. The maximum Gasteiger partial charge on any atom is 0.258 e. The molecule has 0 saturated carbocycles. The molecule has 0 spiro atoms. The summed E-state index contributed by atoms with van der Waals surface area (Å²) in [5, 5.41) is 8.80. The number of hydrogen-bond acceptors (Lipinski definition) is 4. The van der Waals surface area contributed by atoms with Crippen LogP contribution >= 0.6 is 0 Å². The Bertz CT molecular complexity index is 949. The Morgan fingerprint density at radius 1 is 1.13 bits per heavy atom. The van der Waals surface area contributed by atoms with Gasteiger partial charge in [-0.15, -0.1) is 0 Å². The molecule has 0 unspecified atom stereocenters. The molecule has 2 aromatic rings. The van der Waals surface area contributed by atoms with Crippen molar-refractivity contribution in [1.82, 2.24) is 5.32 Å². The second-order valence-electron chi connectivity index (χ2n) is 7.48. The molecule has 2 amide bonds. The molecule has 0 radical (unpaired) electrons. The van der Waals surface area contributed by atoms with E-state index in [0.29, 0.717) is 23.8 Å². The van der Waals surface area contributed by atoms with Crippen molar-refractivity contribution in [3.8, 4) is 0 Å². The van der Waals surface area contributed by atoms with Crippen molar-refractivity contribution in [1.29, 1.82) is 0 Å². The van der Waals surface area contributed by atoms with E-state index in [9.17, 15) is 9.59 Å². The molecule has 1 saturated heterocycles. The second kappa shape index (κ2) is 10.0. The molecule has 7 nitrogen and oxygen atoms in total. The first kappa shape index (κ1) is 21.5. The number of ether oxygens (including phenoxy) is 1. The summed E-state index contributed by atoms with van der Waals surface area (Å²) in [6.07, 6.45) is 2.07. The van der Waals surface area contributed by atoms with Gasteiger partial charge in [-0.3, -0.25) is 14.9 Å². The van der Waals surface area contributed by atoms with Gasteiger partial charge in [0.25, 0.3) is 5.91 Å². The zero-order valence-corrected chi connectivity index (χ0v) is 17.6. The number of amides is 2. The van der Waals surface area contributed by atoms with Crippen LogP contribution in [0.5, 0.6) is 0 Å². The number of carbonyl (C=O) groups excluding carboxylic acids is 2. The zero-order chi connectivity index (χ0) is 21.5. The van der Waals surface area contributed by atoms with Crippen molar-refractivity contribution in [2.24, 2.45) is 4.99 Å². The zero-order valence-electron chi connectivity index (χ0n) is 17.6. The van der Waals surface area contributed by atoms with Gasteiger partial charge in [-0.2, -0.15) is 0 Å². The lowest BCUT2D eigenvalue weighted by Crippen LogP contribution is -2.36. The normalized spacial score (nSPS) is 16.2. The minimum atomic E-state index is -0.312. The quantitative estimate of drug-likeness (QED) is 0.520. The average Bonchev–Trinajstić information content (AvgIpc) is 3.21. The lowest BCUT2D eigenvalue weighted by molar-refractivity contribution is -0.114. The highest BCUT2D eigenvalue weighted by atomic mass is 16.5. The number of guanidine groups is 1. The molecule has 7 heteroatoms. The topological polar surface area (TPSA) is 91.8 Å². The molecule has 0 bridgehead atoms. The number of aryl methyl sites for hydroxylation is 2. The van der Waals surface area contributed by atoms with Gasteiger partial charge in [-0.1, -0.05) is 18.2 Å². The van der Waals surface area contributed by atoms with Gasteiger partial charge in [0.2, 0.25) is 11.9 Å². The van der Waals surface area contributed by atoms with Crippen LogP contribution in [0, 0.1) is 13.8 Å². The molecule has 1 aliphatic rings. The van der Waals surface area contributed by atoms with Crippen molar-refractivity contribution in [3.63, 3.8) is 0 Å². The molecule has 3 N–H and O–H groups in total. The molecule has 1 atom stereocenters. The van der Waals surface area contributed by atoms with E-state index in [1.54, 1.807) is 18.2 Å². The number of benzene rings is 2. The van der Waals surface area contributed by atoms with Gasteiger partial charge in [-0.05, 0) is 62.1 Å². The van der Waals surface area contributed by atoms with Crippen molar-refractivity contribution in [2.45, 2.75) is 39.7 Å². The Balaban J connectivity index is 1.78. The summed E-state index contributed by atoms with van der Waals surface area (Å²) in [4.78, 5) is 28.9. The van der Waals surface area contributed by atoms with E-state index in [4.69, 9.17) is 4.74 Å². The molecule has 1 heterocycles. The third-order valence-corrected chi connectivity index (χ3v) is 4.80. The molecular weight excluding hydrogens is 380 g/mol. The molecule has 30 heavy (non-hydrogen) atoms. The molecule has 3 rings (SSSR count). The van der Waals surface area contributed by atoms with E-state index in [-0.39, 0.29) is 17.9 Å². The van der Waals surface area contributed by atoms with Gasteiger partial charge in [-0.25, -0.2) is 4.99 Å². The van der Waals surface area contributed by atoms with Crippen LogP contribution in [0.1, 0.15) is 41.3 Å². The van der Waals surface area contributed by atoms with Crippen LogP contribution in [0.2, 0.25) is 0 Å².